The highest BCUT2D eigenvalue weighted by molar-refractivity contribution is 8.03. The van der Waals surface area contributed by atoms with Gasteiger partial charge in [0.15, 0.2) is 10.9 Å². The molecule has 2 aliphatic rings. The third-order valence-corrected chi connectivity index (χ3v) is 4.62. The maximum absolute atomic E-state index is 12.7. The van der Waals surface area contributed by atoms with Crippen molar-refractivity contribution >= 4 is 17.5 Å². The van der Waals surface area contributed by atoms with Gasteiger partial charge in [-0.3, -0.25) is 4.79 Å². The number of ether oxygens (including phenoxy) is 1. The molecule has 1 aliphatic heterocycles. The normalized spacial score (nSPS) is 22.5. The van der Waals surface area contributed by atoms with Gasteiger partial charge in [-0.15, -0.1) is 0 Å². The molecule has 0 bridgehead atoms. The minimum absolute atomic E-state index is 0.00219. The van der Waals surface area contributed by atoms with Crippen molar-refractivity contribution in [2.75, 3.05) is 0 Å². The van der Waals surface area contributed by atoms with Gasteiger partial charge in [0, 0.05) is 30.2 Å². The predicted molar refractivity (Wildman–Crippen MR) is 85.9 cm³/mol. The van der Waals surface area contributed by atoms with E-state index < -0.39 is 5.92 Å². The number of hydrogen-bond donors (Lipinski definition) is 1. The number of carbonyl (C=O) groups excluding carboxylic acids is 1. The van der Waals surface area contributed by atoms with Crippen molar-refractivity contribution in [3.05, 3.63) is 40.7 Å². The molecular weight excluding hydrogens is 326 g/mol. The first-order valence-corrected chi connectivity index (χ1v) is 8.17. The minimum atomic E-state index is -0.685. The number of nitriles is 2. The maximum atomic E-state index is 12.7. The average molecular weight is 341 g/mol. The van der Waals surface area contributed by atoms with Gasteiger partial charge in [0.2, 0.25) is 5.88 Å². The number of hydrogen-bond acceptors (Lipinski definition) is 7. The molecular formula is C17H15N3O3S. The number of ketones is 1. The van der Waals surface area contributed by atoms with E-state index in [2.05, 4.69) is 0 Å². The smallest absolute Gasteiger partial charge is 0.205 e. The van der Waals surface area contributed by atoms with Crippen molar-refractivity contribution in [2.45, 2.75) is 37.7 Å². The second kappa shape index (κ2) is 5.77. The summed E-state index contributed by atoms with van der Waals surface area (Å²) >= 11 is 0.876. The van der Waals surface area contributed by atoms with E-state index in [0.29, 0.717) is 35.0 Å². The molecule has 2 heterocycles. The van der Waals surface area contributed by atoms with Crippen molar-refractivity contribution in [2.24, 2.45) is 11.1 Å². The number of thiocyanates is 1. The van der Waals surface area contributed by atoms with E-state index in [9.17, 15) is 10.1 Å². The lowest BCUT2D eigenvalue weighted by Crippen LogP contribution is -2.33. The van der Waals surface area contributed by atoms with Crippen LogP contribution in [0.25, 0.3) is 0 Å². The maximum Gasteiger partial charge on any atom is 0.205 e. The van der Waals surface area contributed by atoms with Gasteiger partial charge in [0.25, 0.3) is 0 Å². The Morgan fingerprint density at radius 2 is 2.08 bits per heavy atom. The Kier molecular flexibility index (Phi) is 3.90. The molecule has 7 heteroatoms. The highest BCUT2D eigenvalue weighted by atomic mass is 32.2. The van der Waals surface area contributed by atoms with Crippen molar-refractivity contribution in [3.8, 4) is 11.5 Å². The number of thioether (sulfide) groups is 1. The summed E-state index contributed by atoms with van der Waals surface area (Å²) in [7, 11) is 0. The van der Waals surface area contributed by atoms with Gasteiger partial charge in [0.05, 0.1) is 5.92 Å². The van der Waals surface area contributed by atoms with Gasteiger partial charge in [-0.1, -0.05) is 13.8 Å². The Labute approximate surface area is 143 Å². The number of carbonyl (C=O) groups is 1. The summed E-state index contributed by atoms with van der Waals surface area (Å²) in [6, 6.07) is 5.33. The molecule has 0 saturated carbocycles. The summed E-state index contributed by atoms with van der Waals surface area (Å²) in [4.78, 5) is 12.7. The monoisotopic (exact) mass is 341 g/mol. The number of rotatable bonds is 2. The molecule has 0 amide bonds. The molecule has 1 aromatic heterocycles. The van der Waals surface area contributed by atoms with E-state index in [4.69, 9.17) is 20.1 Å². The Hall–Kier alpha value is -2.64. The zero-order chi connectivity index (χ0) is 17.5. The summed E-state index contributed by atoms with van der Waals surface area (Å²) < 4.78 is 11.3. The van der Waals surface area contributed by atoms with Crippen LogP contribution in [0.5, 0.6) is 0 Å². The van der Waals surface area contributed by atoms with Gasteiger partial charge < -0.3 is 14.9 Å². The molecule has 1 unspecified atom stereocenters. The number of nitrogens with zero attached hydrogens (tertiary/aromatic N) is 2. The third kappa shape index (κ3) is 2.68. The SMILES string of the molecule is CC1(C)CC(=O)C2=C(C1)OC(N)=C(C#N)C2c1ccc(SC#N)o1. The fraction of sp³-hybridized carbons (Fsp3) is 0.353. The Morgan fingerprint density at radius 3 is 2.75 bits per heavy atom. The zero-order valence-electron chi connectivity index (χ0n) is 13.3. The van der Waals surface area contributed by atoms with E-state index in [-0.39, 0.29) is 22.7 Å². The molecule has 0 saturated heterocycles. The first-order valence-electron chi connectivity index (χ1n) is 7.36. The van der Waals surface area contributed by atoms with Crippen molar-refractivity contribution in [1.82, 2.24) is 0 Å². The van der Waals surface area contributed by atoms with Crippen LogP contribution in [0.4, 0.5) is 0 Å². The summed E-state index contributed by atoms with van der Waals surface area (Å²) in [6.07, 6.45) is 0.926. The fourth-order valence-corrected chi connectivity index (χ4v) is 3.52. The van der Waals surface area contributed by atoms with Gasteiger partial charge in [0.1, 0.15) is 28.6 Å². The second-order valence-electron chi connectivity index (χ2n) is 6.55. The van der Waals surface area contributed by atoms with Crippen LogP contribution in [0.2, 0.25) is 0 Å². The van der Waals surface area contributed by atoms with Crippen LogP contribution in [0.3, 0.4) is 0 Å². The number of nitrogens with two attached hydrogens (primary N) is 1. The van der Waals surface area contributed by atoms with E-state index in [0.717, 1.165) is 11.8 Å². The summed E-state index contributed by atoms with van der Waals surface area (Å²) in [5.74, 6) is 0.158. The number of allylic oxidation sites excluding steroid dienone is 3. The van der Waals surface area contributed by atoms with Crippen molar-refractivity contribution in [3.63, 3.8) is 0 Å². The summed E-state index contributed by atoms with van der Waals surface area (Å²) in [5.41, 5.74) is 6.28. The highest BCUT2D eigenvalue weighted by Gasteiger charge is 2.44. The fourth-order valence-electron chi connectivity index (χ4n) is 3.16. The van der Waals surface area contributed by atoms with Crippen LogP contribution in [0, 0.1) is 27.4 Å². The van der Waals surface area contributed by atoms with Gasteiger partial charge in [-0.2, -0.15) is 10.5 Å². The van der Waals surface area contributed by atoms with Crippen LogP contribution in [-0.4, -0.2) is 5.78 Å². The molecule has 0 fully saturated rings. The molecule has 3 rings (SSSR count). The van der Waals surface area contributed by atoms with E-state index >= 15 is 0 Å². The zero-order valence-corrected chi connectivity index (χ0v) is 14.1. The van der Waals surface area contributed by atoms with Crippen molar-refractivity contribution in [1.29, 1.82) is 10.5 Å². The molecule has 1 atom stereocenters. The molecule has 1 aromatic rings. The molecule has 0 radical (unpaired) electrons. The van der Waals surface area contributed by atoms with Gasteiger partial charge in [-0.25, -0.2) is 0 Å². The molecule has 0 aromatic carbocycles. The Bertz CT molecular complexity index is 864. The predicted octanol–water partition coefficient (Wildman–Crippen LogP) is 3.30. The van der Waals surface area contributed by atoms with Crippen LogP contribution in [-0.2, 0) is 9.53 Å². The largest absolute Gasteiger partial charge is 0.453 e. The van der Waals surface area contributed by atoms with Crippen LogP contribution in [0.15, 0.2) is 44.4 Å². The topological polar surface area (TPSA) is 113 Å². The highest BCUT2D eigenvalue weighted by Crippen LogP contribution is 2.48. The lowest BCUT2D eigenvalue weighted by molar-refractivity contribution is -0.119. The molecule has 1 aliphatic carbocycles. The molecule has 6 nitrogen and oxygen atoms in total. The van der Waals surface area contributed by atoms with Crippen LogP contribution in [0.1, 0.15) is 38.4 Å². The Morgan fingerprint density at radius 1 is 1.33 bits per heavy atom. The first kappa shape index (κ1) is 16.2. The van der Waals surface area contributed by atoms with Crippen LogP contribution >= 0.6 is 11.8 Å². The second-order valence-corrected chi connectivity index (χ2v) is 7.34. The summed E-state index contributed by atoms with van der Waals surface area (Å²) in [6.45, 7) is 3.97. The standard InChI is InChI=1S/C17H15N3O3S/c1-17(2)5-10(21)15-12(6-17)23-16(20)9(7-18)14(15)11-3-4-13(22-11)24-8-19/h3-4,14H,5-6,20H2,1-2H3. The number of furan rings is 1. The molecule has 24 heavy (non-hydrogen) atoms. The lowest BCUT2D eigenvalue weighted by Gasteiger charge is -2.36. The molecule has 0 spiro atoms. The van der Waals surface area contributed by atoms with E-state index in [1.165, 1.54) is 0 Å². The first-order chi connectivity index (χ1) is 11.4. The molecule has 2 N–H and O–H groups in total. The molecule has 122 valence electrons. The van der Waals surface area contributed by atoms with E-state index in [1.54, 1.807) is 12.1 Å². The Balaban J connectivity index is 2.13. The quantitative estimate of drug-likeness (QED) is 0.648. The summed E-state index contributed by atoms with van der Waals surface area (Å²) in [5, 5.41) is 20.6. The number of Topliss-reactive ketones (excluding diaryl/α,β-unsaturated/α-hetero) is 1. The van der Waals surface area contributed by atoms with E-state index in [1.807, 2.05) is 25.3 Å². The van der Waals surface area contributed by atoms with Crippen LogP contribution < -0.4 is 5.73 Å². The average Bonchev–Trinajstić information content (AvgIpc) is 2.93. The van der Waals surface area contributed by atoms with Crippen molar-refractivity contribution < 1.29 is 13.9 Å². The minimum Gasteiger partial charge on any atom is -0.453 e. The lowest BCUT2D eigenvalue weighted by atomic mass is 9.71. The third-order valence-electron chi connectivity index (χ3n) is 4.11. The van der Waals surface area contributed by atoms with Gasteiger partial charge >= 0.3 is 0 Å². The van der Waals surface area contributed by atoms with Gasteiger partial charge in [-0.05, 0) is 17.5 Å².